The van der Waals surface area contributed by atoms with E-state index in [4.69, 9.17) is 10.5 Å². The number of para-hydroxylation sites is 1. The molecule has 0 amide bonds. The zero-order chi connectivity index (χ0) is 16.9. The molecule has 1 aliphatic carbocycles. The Morgan fingerprint density at radius 1 is 1.17 bits per heavy atom. The zero-order valence-corrected chi connectivity index (χ0v) is 14.3. The van der Waals surface area contributed by atoms with E-state index in [1.54, 1.807) is 18.3 Å². The number of aromatic nitrogens is 2. The summed E-state index contributed by atoms with van der Waals surface area (Å²) in [5, 5.41) is 0. The third-order valence-corrected chi connectivity index (χ3v) is 5.99. The number of benzene rings is 1. The second-order valence-electron chi connectivity index (χ2n) is 6.55. The van der Waals surface area contributed by atoms with E-state index >= 15 is 0 Å². The molecule has 1 aromatic heterocycles. The minimum absolute atomic E-state index is 0.213. The van der Waals surface area contributed by atoms with Crippen molar-refractivity contribution >= 4 is 15.8 Å². The van der Waals surface area contributed by atoms with Crippen molar-refractivity contribution in [2.45, 2.75) is 42.6 Å². The van der Waals surface area contributed by atoms with Gasteiger partial charge in [0.15, 0.2) is 15.4 Å². The summed E-state index contributed by atoms with van der Waals surface area (Å²) in [5.41, 5.74) is 7.52. The van der Waals surface area contributed by atoms with Gasteiger partial charge in [-0.05, 0) is 31.7 Å². The maximum atomic E-state index is 12.2. The monoisotopic (exact) mass is 345 g/mol. The van der Waals surface area contributed by atoms with Crippen LogP contribution < -0.4 is 10.5 Å². The van der Waals surface area contributed by atoms with Crippen molar-refractivity contribution in [1.82, 2.24) is 9.97 Å². The highest BCUT2D eigenvalue weighted by atomic mass is 32.2. The van der Waals surface area contributed by atoms with Crippen molar-refractivity contribution in [2.24, 2.45) is 0 Å². The van der Waals surface area contributed by atoms with Crippen LogP contribution in [0.5, 0.6) is 5.75 Å². The number of hydrogen-bond acceptors (Lipinski definition) is 6. The Morgan fingerprint density at radius 2 is 1.92 bits per heavy atom. The van der Waals surface area contributed by atoms with E-state index in [0.717, 1.165) is 43.4 Å². The van der Waals surface area contributed by atoms with Gasteiger partial charge in [-0.1, -0.05) is 18.6 Å². The van der Waals surface area contributed by atoms with E-state index in [1.165, 1.54) is 6.26 Å². The molecule has 1 aliphatic heterocycles. The van der Waals surface area contributed by atoms with Crippen LogP contribution in [0.15, 0.2) is 29.3 Å². The second kappa shape index (κ2) is 5.17. The number of fused-ring (bicyclic) bond motifs is 4. The first-order valence-corrected chi connectivity index (χ1v) is 9.95. The molecule has 0 bridgehead atoms. The molecule has 2 N–H and O–H groups in total. The molecule has 6 nitrogen and oxygen atoms in total. The van der Waals surface area contributed by atoms with Crippen molar-refractivity contribution in [3.05, 3.63) is 30.1 Å². The molecule has 2 aliphatic rings. The fourth-order valence-electron chi connectivity index (χ4n) is 3.77. The van der Waals surface area contributed by atoms with Crippen LogP contribution in [0.25, 0.3) is 11.1 Å². The van der Waals surface area contributed by atoms with Gasteiger partial charge in [0.1, 0.15) is 10.6 Å². The van der Waals surface area contributed by atoms with Gasteiger partial charge >= 0.3 is 0 Å². The summed E-state index contributed by atoms with van der Waals surface area (Å²) in [6.45, 7) is 0. The van der Waals surface area contributed by atoms with Gasteiger partial charge < -0.3 is 10.5 Å². The molecule has 1 spiro atoms. The zero-order valence-electron chi connectivity index (χ0n) is 13.4. The fraction of sp³-hybridized carbons (Fsp3) is 0.412. The smallest absolute Gasteiger partial charge is 0.220 e. The van der Waals surface area contributed by atoms with Gasteiger partial charge in [-0.3, -0.25) is 0 Å². The molecule has 0 saturated heterocycles. The summed E-state index contributed by atoms with van der Waals surface area (Å²) < 4.78 is 30.8. The van der Waals surface area contributed by atoms with Crippen molar-refractivity contribution in [3.8, 4) is 16.9 Å². The first-order valence-electron chi connectivity index (χ1n) is 8.06. The van der Waals surface area contributed by atoms with E-state index in [9.17, 15) is 8.42 Å². The number of nitrogen functional groups attached to an aromatic ring is 1. The summed E-state index contributed by atoms with van der Waals surface area (Å²) in [6.07, 6.45) is 7.65. The van der Waals surface area contributed by atoms with Crippen LogP contribution in [0.3, 0.4) is 0 Å². The van der Waals surface area contributed by atoms with Crippen LogP contribution in [0.4, 0.5) is 5.95 Å². The fourth-order valence-corrected chi connectivity index (χ4v) is 4.58. The number of anilines is 1. The van der Waals surface area contributed by atoms with Crippen LogP contribution in [-0.2, 0) is 15.4 Å². The summed E-state index contributed by atoms with van der Waals surface area (Å²) >= 11 is 0. The van der Waals surface area contributed by atoms with Gasteiger partial charge in [-0.25, -0.2) is 18.4 Å². The summed E-state index contributed by atoms with van der Waals surface area (Å²) in [5.74, 6) is 0.632. The molecule has 4 rings (SSSR count). The minimum atomic E-state index is -3.40. The molecule has 126 valence electrons. The van der Waals surface area contributed by atoms with E-state index in [-0.39, 0.29) is 10.8 Å². The normalized spacial score (nSPS) is 18.5. The van der Waals surface area contributed by atoms with Gasteiger partial charge in [-0.15, -0.1) is 0 Å². The Morgan fingerprint density at radius 3 is 2.62 bits per heavy atom. The van der Waals surface area contributed by atoms with Gasteiger partial charge in [0.05, 0.1) is 5.69 Å². The first-order chi connectivity index (χ1) is 11.4. The molecule has 1 saturated carbocycles. The quantitative estimate of drug-likeness (QED) is 0.854. The lowest BCUT2D eigenvalue weighted by Gasteiger charge is -2.42. The predicted octanol–water partition coefficient (Wildman–Crippen LogP) is 2.68. The maximum Gasteiger partial charge on any atom is 0.220 e. The molecule has 0 radical (unpaired) electrons. The molecule has 1 fully saturated rings. The summed E-state index contributed by atoms with van der Waals surface area (Å²) in [6, 6.07) is 5.16. The third-order valence-electron chi connectivity index (χ3n) is 4.87. The minimum Gasteiger partial charge on any atom is -0.479 e. The van der Waals surface area contributed by atoms with Gasteiger partial charge in [0.25, 0.3) is 0 Å². The highest BCUT2D eigenvalue weighted by Crippen LogP contribution is 2.52. The van der Waals surface area contributed by atoms with Crippen LogP contribution in [0, 0.1) is 0 Å². The molecular formula is C17H19N3O3S. The lowest BCUT2D eigenvalue weighted by atomic mass is 9.78. The maximum absolute atomic E-state index is 12.2. The highest BCUT2D eigenvalue weighted by molar-refractivity contribution is 7.90. The molecule has 0 unspecified atom stereocenters. The van der Waals surface area contributed by atoms with Crippen LogP contribution in [-0.4, -0.2) is 24.6 Å². The number of ether oxygens (including phenoxy) is 1. The van der Waals surface area contributed by atoms with E-state index in [2.05, 4.69) is 9.97 Å². The van der Waals surface area contributed by atoms with Crippen molar-refractivity contribution < 1.29 is 13.2 Å². The standard InChI is InChI=1S/C17H19N3O3S/c1-24(21,22)13-7-5-6-11-12-10-19-16(18)20-15(12)17(23-14(11)13)8-3-2-4-9-17/h5-7,10H,2-4,8-9H2,1H3,(H2,18,19,20). The van der Waals surface area contributed by atoms with Gasteiger partial charge in [0.2, 0.25) is 5.95 Å². The SMILES string of the molecule is CS(=O)(=O)c1cccc2c1OC1(CCCCC1)c1nc(N)ncc1-2. The Balaban J connectivity index is 2.02. The molecule has 7 heteroatoms. The van der Waals surface area contributed by atoms with E-state index < -0.39 is 15.4 Å². The molecule has 0 atom stereocenters. The van der Waals surface area contributed by atoms with Crippen LogP contribution in [0.1, 0.15) is 37.8 Å². The van der Waals surface area contributed by atoms with Crippen LogP contribution >= 0.6 is 0 Å². The highest BCUT2D eigenvalue weighted by Gasteiger charge is 2.44. The summed E-state index contributed by atoms with van der Waals surface area (Å²) in [7, 11) is -3.40. The largest absolute Gasteiger partial charge is 0.479 e. The van der Waals surface area contributed by atoms with Crippen molar-refractivity contribution in [2.75, 3.05) is 12.0 Å². The molecule has 2 aromatic rings. The Labute approximate surface area is 141 Å². The first kappa shape index (κ1) is 15.4. The summed E-state index contributed by atoms with van der Waals surface area (Å²) in [4.78, 5) is 8.81. The second-order valence-corrected chi connectivity index (χ2v) is 8.54. The topological polar surface area (TPSA) is 95.2 Å². The average Bonchev–Trinajstić information content (AvgIpc) is 2.55. The average molecular weight is 345 g/mol. The Kier molecular flexibility index (Phi) is 3.32. The number of nitrogens with two attached hydrogens (primary N) is 1. The number of sulfone groups is 1. The Bertz CT molecular complexity index is 919. The van der Waals surface area contributed by atoms with Gasteiger partial charge in [0, 0.05) is 23.6 Å². The van der Waals surface area contributed by atoms with E-state index in [0.29, 0.717) is 11.3 Å². The number of hydrogen-bond donors (Lipinski definition) is 1. The van der Waals surface area contributed by atoms with Crippen molar-refractivity contribution in [3.63, 3.8) is 0 Å². The third kappa shape index (κ3) is 2.26. The predicted molar refractivity (Wildman–Crippen MR) is 90.4 cm³/mol. The van der Waals surface area contributed by atoms with Crippen molar-refractivity contribution in [1.29, 1.82) is 0 Å². The molecule has 24 heavy (non-hydrogen) atoms. The lowest BCUT2D eigenvalue weighted by Crippen LogP contribution is -2.39. The van der Waals surface area contributed by atoms with E-state index in [1.807, 2.05) is 6.07 Å². The molecule has 2 heterocycles. The number of nitrogens with zero attached hydrogens (tertiary/aromatic N) is 2. The van der Waals surface area contributed by atoms with Gasteiger partial charge in [-0.2, -0.15) is 0 Å². The number of rotatable bonds is 1. The van der Waals surface area contributed by atoms with Crippen LogP contribution in [0.2, 0.25) is 0 Å². The lowest BCUT2D eigenvalue weighted by molar-refractivity contribution is 0.0170. The molecular weight excluding hydrogens is 326 g/mol. The molecule has 1 aromatic carbocycles. The Hall–Kier alpha value is -2.15.